The first kappa shape index (κ1) is 29.8. The maximum atomic E-state index is 6.25. The molecule has 0 bridgehead atoms. The molecule has 4 heteroatoms. The van der Waals surface area contributed by atoms with Crippen LogP contribution in [0.1, 0.15) is 38.8 Å². The first-order valence-electron chi connectivity index (χ1n) is 17.6. The van der Waals surface area contributed by atoms with Crippen LogP contribution in [0.3, 0.4) is 0 Å². The fourth-order valence-corrected chi connectivity index (χ4v) is 8.31. The second-order valence-corrected chi connectivity index (χ2v) is 14.8. The molecule has 0 spiro atoms. The fourth-order valence-electron chi connectivity index (χ4n) is 8.31. The van der Waals surface area contributed by atoms with Gasteiger partial charge in [-0.3, -0.25) is 0 Å². The summed E-state index contributed by atoms with van der Waals surface area (Å²) in [6.07, 6.45) is 0. The minimum Gasteiger partial charge on any atom is -0.456 e. The molecule has 7 aromatic carbocycles. The van der Waals surface area contributed by atoms with Crippen molar-refractivity contribution < 1.29 is 4.42 Å². The molecule has 0 atom stereocenters. The van der Waals surface area contributed by atoms with Crippen molar-refractivity contribution in [2.75, 3.05) is 0 Å². The van der Waals surface area contributed by atoms with E-state index in [4.69, 9.17) is 19.4 Å². The molecule has 0 unspecified atom stereocenters. The van der Waals surface area contributed by atoms with Gasteiger partial charge in [0.25, 0.3) is 0 Å². The SMILES string of the molecule is CC1(C)c2ccccc2-c2c(ccc3c2ccc2ccc(-c4nc(-c5ccccc5)nc(-c5cccc6oc7ccccc7c56)n4)cc23)C1(C)C. The van der Waals surface area contributed by atoms with E-state index in [1.54, 1.807) is 0 Å². The lowest BCUT2D eigenvalue weighted by molar-refractivity contribution is 0.299. The summed E-state index contributed by atoms with van der Waals surface area (Å²) in [6.45, 7) is 9.55. The molecule has 2 heterocycles. The number of para-hydroxylation sites is 1. The van der Waals surface area contributed by atoms with Crippen LogP contribution in [0.15, 0.2) is 144 Å². The Labute approximate surface area is 296 Å². The fraction of sp³-hybridized carbons (Fsp3) is 0.128. The van der Waals surface area contributed by atoms with Crippen LogP contribution in [0.25, 0.3) is 88.8 Å². The van der Waals surface area contributed by atoms with Gasteiger partial charge in [-0.2, -0.15) is 0 Å². The molecule has 0 amide bonds. The molecule has 0 aliphatic heterocycles. The van der Waals surface area contributed by atoms with E-state index in [1.807, 2.05) is 60.7 Å². The molecular formula is C47H35N3O. The maximum absolute atomic E-state index is 6.25. The largest absolute Gasteiger partial charge is 0.456 e. The number of benzene rings is 7. The number of fused-ring (bicyclic) bond motifs is 10. The number of hydrogen-bond acceptors (Lipinski definition) is 4. The van der Waals surface area contributed by atoms with Gasteiger partial charge >= 0.3 is 0 Å². The highest BCUT2D eigenvalue weighted by Gasteiger charge is 2.46. The van der Waals surface area contributed by atoms with E-state index < -0.39 is 0 Å². The Kier molecular flexibility index (Phi) is 6.23. The first-order valence-corrected chi connectivity index (χ1v) is 17.6. The van der Waals surface area contributed by atoms with Crippen molar-refractivity contribution in [1.29, 1.82) is 0 Å². The van der Waals surface area contributed by atoms with Crippen molar-refractivity contribution in [3.8, 4) is 45.3 Å². The van der Waals surface area contributed by atoms with E-state index >= 15 is 0 Å². The standard InChI is InChI=1S/C47H35N3O/c1-46(2)37-18-10-8-15-33(37)41-32-24-23-28-21-22-30(27-36(28)31(32)25-26-38(41)47(46,3)4)44-48-43(29-13-6-5-7-14-29)49-45(50-44)35-17-12-20-40-42(35)34-16-9-11-19-39(34)51-40/h5-27H,1-4H3. The number of nitrogens with zero attached hydrogens (tertiary/aromatic N) is 3. The summed E-state index contributed by atoms with van der Waals surface area (Å²) in [6, 6.07) is 49.2. The summed E-state index contributed by atoms with van der Waals surface area (Å²) in [5.74, 6) is 1.88. The Morgan fingerprint density at radius 2 is 1.08 bits per heavy atom. The van der Waals surface area contributed by atoms with Gasteiger partial charge in [-0.05, 0) is 72.8 Å². The van der Waals surface area contributed by atoms with E-state index in [0.717, 1.165) is 38.6 Å². The molecule has 1 aliphatic rings. The van der Waals surface area contributed by atoms with Gasteiger partial charge in [-0.25, -0.2) is 15.0 Å². The lowest BCUT2D eigenvalue weighted by atomic mass is 9.55. The van der Waals surface area contributed by atoms with Crippen LogP contribution in [-0.4, -0.2) is 15.0 Å². The van der Waals surface area contributed by atoms with E-state index in [1.165, 1.54) is 43.8 Å². The Bertz CT molecular complexity index is 2860. The molecule has 9 aromatic rings. The van der Waals surface area contributed by atoms with Crippen molar-refractivity contribution in [2.45, 2.75) is 38.5 Å². The van der Waals surface area contributed by atoms with Gasteiger partial charge in [0.1, 0.15) is 11.2 Å². The van der Waals surface area contributed by atoms with Gasteiger partial charge in [0.2, 0.25) is 0 Å². The zero-order valence-electron chi connectivity index (χ0n) is 29.0. The predicted octanol–water partition coefficient (Wildman–Crippen LogP) is 12.3. The molecule has 4 nitrogen and oxygen atoms in total. The van der Waals surface area contributed by atoms with Gasteiger partial charge in [-0.15, -0.1) is 0 Å². The molecule has 0 saturated carbocycles. The summed E-state index contributed by atoms with van der Waals surface area (Å²) in [5, 5.41) is 6.91. The van der Waals surface area contributed by atoms with E-state index in [-0.39, 0.29) is 10.8 Å². The van der Waals surface area contributed by atoms with Crippen LogP contribution in [-0.2, 0) is 10.8 Å². The number of hydrogen-bond donors (Lipinski definition) is 0. The van der Waals surface area contributed by atoms with Gasteiger partial charge in [0.05, 0.1) is 0 Å². The van der Waals surface area contributed by atoms with E-state index in [2.05, 4.69) is 107 Å². The summed E-state index contributed by atoms with van der Waals surface area (Å²) in [7, 11) is 0. The molecule has 0 radical (unpaired) electrons. The molecular weight excluding hydrogens is 623 g/mol. The van der Waals surface area contributed by atoms with Crippen LogP contribution in [0.4, 0.5) is 0 Å². The van der Waals surface area contributed by atoms with Gasteiger partial charge < -0.3 is 4.42 Å². The molecule has 2 aromatic heterocycles. The minimum atomic E-state index is -0.0556. The molecule has 1 aliphatic carbocycles. The summed E-state index contributed by atoms with van der Waals surface area (Å²) in [5.41, 5.74) is 9.84. The van der Waals surface area contributed by atoms with Crippen LogP contribution in [0.2, 0.25) is 0 Å². The third-order valence-corrected chi connectivity index (χ3v) is 11.7. The zero-order chi connectivity index (χ0) is 34.5. The van der Waals surface area contributed by atoms with E-state index in [9.17, 15) is 0 Å². The van der Waals surface area contributed by atoms with Crippen LogP contribution < -0.4 is 0 Å². The highest BCUT2D eigenvalue weighted by molar-refractivity contribution is 6.14. The second-order valence-electron chi connectivity index (χ2n) is 14.8. The highest BCUT2D eigenvalue weighted by Crippen LogP contribution is 2.55. The van der Waals surface area contributed by atoms with Crippen molar-refractivity contribution in [3.05, 3.63) is 151 Å². The Hall–Kier alpha value is -6.13. The molecule has 0 fully saturated rings. The van der Waals surface area contributed by atoms with Crippen molar-refractivity contribution in [3.63, 3.8) is 0 Å². The van der Waals surface area contributed by atoms with Crippen molar-refractivity contribution >= 4 is 43.5 Å². The van der Waals surface area contributed by atoms with E-state index in [0.29, 0.717) is 17.5 Å². The Morgan fingerprint density at radius 3 is 1.94 bits per heavy atom. The smallest absolute Gasteiger partial charge is 0.164 e. The summed E-state index contributed by atoms with van der Waals surface area (Å²) < 4.78 is 6.25. The first-order chi connectivity index (χ1) is 24.8. The number of rotatable bonds is 3. The Balaban J connectivity index is 1.21. The third-order valence-electron chi connectivity index (χ3n) is 11.7. The topological polar surface area (TPSA) is 51.8 Å². The molecule has 0 saturated heterocycles. The van der Waals surface area contributed by atoms with Crippen LogP contribution in [0.5, 0.6) is 0 Å². The summed E-state index contributed by atoms with van der Waals surface area (Å²) >= 11 is 0. The van der Waals surface area contributed by atoms with Crippen molar-refractivity contribution in [1.82, 2.24) is 15.0 Å². The molecule has 51 heavy (non-hydrogen) atoms. The lowest BCUT2D eigenvalue weighted by Gasteiger charge is -2.48. The maximum Gasteiger partial charge on any atom is 0.164 e. The molecule has 10 rings (SSSR count). The quantitative estimate of drug-likeness (QED) is 0.177. The zero-order valence-corrected chi connectivity index (χ0v) is 29.0. The second kappa shape index (κ2) is 10.7. The molecule has 244 valence electrons. The number of furan rings is 1. The molecule has 0 N–H and O–H groups in total. The Morgan fingerprint density at radius 1 is 0.431 bits per heavy atom. The number of aromatic nitrogens is 3. The van der Waals surface area contributed by atoms with Gasteiger partial charge in [-0.1, -0.05) is 149 Å². The normalized spacial score (nSPS) is 14.6. The third kappa shape index (κ3) is 4.29. The predicted molar refractivity (Wildman–Crippen MR) is 210 cm³/mol. The average molecular weight is 658 g/mol. The lowest BCUT2D eigenvalue weighted by Crippen LogP contribution is -2.43. The van der Waals surface area contributed by atoms with Crippen LogP contribution in [0, 0.1) is 0 Å². The monoisotopic (exact) mass is 657 g/mol. The summed E-state index contributed by atoms with van der Waals surface area (Å²) in [4.78, 5) is 15.4. The van der Waals surface area contributed by atoms with Crippen molar-refractivity contribution in [2.24, 2.45) is 0 Å². The average Bonchev–Trinajstić information content (AvgIpc) is 3.56. The minimum absolute atomic E-state index is 0.0196. The van der Waals surface area contributed by atoms with Gasteiger partial charge in [0.15, 0.2) is 17.5 Å². The van der Waals surface area contributed by atoms with Gasteiger partial charge in [0, 0.05) is 27.5 Å². The van der Waals surface area contributed by atoms with Crippen LogP contribution >= 0.6 is 0 Å². The highest BCUT2D eigenvalue weighted by atomic mass is 16.3.